The van der Waals surface area contributed by atoms with Crippen LogP contribution < -0.4 is 4.74 Å². The van der Waals surface area contributed by atoms with Crippen LogP contribution in [-0.4, -0.2) is 23.0 Å². The first-order valence-electron chi connectivity index (χ1n) is 8.74. The molecule has 0 bridgehead atoms. The number of benzene rings is 2. The number of halogens is 2. The molecule has 8 nitrogen and oxygen atoms in total. The Bertz CT molecular complexity index is 1080. The van der Waals surface area contributed by atoms with Crippen LogP contribution >= 0.6 is 0 Å². The minimum atomic E-state index is -0.789. The summed E-state index contributed by atoms with van der Waals surface area (Å²) in [5.41, 5.74) is 0.253. The summed E-state index contributed by atoms with van der Waals surface area (Å²) in [6.45, 7) is -0.207. The number of carbonyl (C=O) groups is 1. The van der Waals surface area contributed by atoms with Crippen LogP contribution in [0.1, 0.15) is 17.9 Å². The number of oxazole rings is 1. The predicted octanol–water partition coefficient (Wildman–Crippen LogP) is 4.21. The number of non-ortho nitro benzene ring substituents is 1. The molecule has 3 rings (SSSR count). The molecule has 0 N–H and O–H groups in total. The van der Waals surface area contributed by atoms with E-state index in [1.807, 2.05) is 0 Å². The van der Waals surface area contributed by atoms with Gasteiger partial charge in [0.05, 0.1) is 30.2 Å². The Labute approximate surface area is 169 Å². The molecule has 0 aliphatic carbocycles. The number of carbonyl (C=O) groups excluding carboxylic acids is 1. The standard InChI is InChI=1S/C20H16F2N2O6/c1-28-17-5-3-14(24(26)27)8-12(17)11-29-20(25)7-6-19-23-10-18(30-19)15-4-2-13(21)9-16(15)22/h2-5,8-10H,6-7,11H2,1H3. The number of hydrogen-bond donors (Lipinski definition) is 0. The highest BCUT2D eigenvalue weighted by Crippen LogP contribution is 2.26. The molecule has 0 aliphatic heterocycles. The fourth-order valence-corrected chi connectivity index (χ4v) is 2.67. The molecule has 0 saturated carbocycles. The number of ether oxygens (including phenoxy) is 2. The second-order valence-electron chi connectivity index (χ2n) is 6.16. The number of nitrogens with zero attached hydrogens (tertiary/aromatic N) is 2. The van der Waals surface area contributed by atoms with Gasteiger partial charge in [-0.05, 0) is 18.2 Å². The van der Waals surface area contributed by atoms with Gasteiger partial charge in [-0.25, -0.2) is 13.8 Å². The molecule has 30 heavy (non-hydrogen) atoms. The number of rotatable bonds is 8. The molecule has 156 valence electrons. The molecule has 10 heteroatoms. The average molecular weight is 418 g/mol. The quantitative estimate of drug-likeness (QED) is 0.306. The van der Waals surface area contributed by atoms with Crippen LogP contribution in [0, 0.1) is 21.7 Å². The fraction of sp³-hybridized carbons (Fsp3) is 0.200. The number of aromatic nitrogens is 1. The maximum Gasteiger partial charge on any atom is 0.306 e. The third kappa shape index (κ3) is 4.96. The van der Waals surface area contributed by atoms with E-state index in [1.165, 1.54) is 37.6 Å². The lowest BCUT2D eigenvalue weighted by molar-refractivity contribution is -0.385. The van der Waals surface area contributed by atoms with Crippen LogP contribution in [0.3, 0.4) is 0 Å². The van der Waals surface area contributed by atoms with Gasteiger partial charge in [0.2, 0.25) is 0 Å². The van der Waals surface area contributed by atoms with Crippen molar-refractivity contribution in [1.82, 2.24) is 4.98 Å². The van der Waals surface area contributed by atoms with E-state index in [1.54, 1.807) is 0 Å². The molecular weight excluding hydrogens is 402 g/mol. The highest BCUT2D eigenvalue weighted by atomic mass is 19.1. The third-order valence-electron chi connectivity index (χ3n) is 4.16. The van der Waals surface area contributed by atoms with Gasteiger partial charge >= 0.3 is 5.97 Å². The van der Waals surface area contributed by atoms with Crippen LogP contribution in [0.15, 0.2) is 47.0 Å². The lowest BCUT2D eigenvalue weighted by atomic mass is 10.2. The molecule has 0 fully saturated rings. The zero-order chi connectivity index (χ0) is 21.7. The van der Waals surface area contributed by atoms with E-state index in [0.717, 1.165) is 12.1 Å². The van der Waals surface area contributed by atoms with Crippen LogP contribution in [0.25, 0.3) is 11.3 Å². The van der Waals surface area contributed by atoms with Gasteiger partial charge in [-0.1, -0.05) is 0 Å². The molecule has 0 radical (unpaired) electrons. The van der Waals surface area contributed by atoms with Gasteiger partial charge in [0.1, 0.15) is 24.0 Å². The predicted molar refractivity (Wildman–Crippen MR) is 99.6 cm³/mol. The molecule has 1 heterocycles. The van der Waals surface area contributed by atoms with Crippen molar-refractivity contribution in [3.05, 3.63) is 75.8 Å². The molecule has 0 atom stereocenters. The molecule has 0 amide bonds. The average Bonchev–Trinajstić information content (AvgIpc) is 3.19. The molecule has 3 aromatic rings. The molecular formula is C20H16F2N2O6. The van der Waals surface area contributed by atoms with Crippen molar-refractivity contribution in [2.45, 2.75) is 19.4 Å². The van der Waals surface area contributed by atoms with Crippen molar-refractivity contribution in [3.63, 3.8) is 0 Å². The first-order valence-corrected chi connectivity index (χ1v) is 8.74. The second-order valence-corrected chi connectivity index (χ2v) is 6.16. The summed E-state index contributed by atoms with van der Waals surface area (Å²) >= 11 is 0. The highest BCUT2D eigenvalue weighted by Gasteiger charge is 2.15. The fourth-order valence-electron chi connectivity index (χ4n) is 2.67. The van der Waals surface area contributed by atoms with Crippen LogP contribution in [0.4, 0.5) is 14.5 Å². The summed E-state index contributed by atoms with van der Waals surface area (Å²) in [6.07, 6.45) is 1.29. The molecule has 1 aromatic heterocycles. The summed E-state index contributed by atoms with van der Waals surface area (Å²) in [6, 6.07) is 7.04. The van der Waals surface area contributed by atoms with Gasteiger partial charge in [0.15, 0.2) is 11.7 Å². The molecule has 0 spiro atoms. The van der Waals surface area contributed by atoms with E-state index in [4.69, 9.17) is 13.9 Å². The number of aryl methyl sites for hydroxylation is 1. The summed E-state index contributed by atoms with van der Waals surface area (Å²) in [5, 5.41) is 10.9. The van der Waals surface area contributed by atoms with E-state index in [-0.39, 0.29) is 42.4 Å². The summed E-state index contributed by atoms with van der Waals surface area (Å²) in [4.78, 5) is 26.3. The minimum Gasteiger partial charge on any atom is -0.496 e. The van der Waals surface area contributed by atoms with Crippen LogP contribution in [0.5, 0.6) is 5.75 Å². The molecule has 2 aromatic carbocycles. The number of nitro groups is 1. The van der Waals surface area contributed by atoms with Crippen molar-refractivity contribution in [1.29, 1.82) is 0 Å². The Kier molecular flexibility index (Phi) is 6.35. The monoisotopic (exact) mass is 418 g/mol. The van der Waals surface area contributed by atoms with E-state index in [9.17, 15) is 23.7 Å². The van der Waals surface area contributed by atoms with Crippen molar-refractivity contribution in [3.8, 4) is 17.1 Å². The number of hydrogen-bond acceptors (Lipinski definition) is 7. The Morgan fingerprint density at radius 3 is 2.73 bits per heavy atom. The molecule has 0 aliphatic rings. The van der Waals surface area contributed by atoms with Gasteiger partial charge < -0.3 is 13.9 Å². The van der Waals surface area contributed by atoms with Gasteiger partial charge in [-0.15, -0.1) is 0 Å². The Morgan fingerprint density at radius 1 is 1.23 bits per heavy atom. The Hall–Kier alpha value is -3.82. The Morgan fingerprint density at radius 2 is 2.03 bits per heavy atom. The zero-order valence-electron chi connectivity index (χ0n) is 15.8. The SMILES string of the molecule is COc1ccc([N+](=O)[O-])cc1COC(=O)CCc1ncc(-c2ccc(F)cc2F)o1. The van der Waals surface area contributed by atoms with Crippen molar-refractivity contribution in [2.24, 2.45) is 0 Å². The number of nitro benzene ring substituents is 1. The van der Waals surface area contributed by atoms with E-state index in [2.05, 4.69) is 4.98 Å². The van der Waals surface area contributed by atoms with Gasteiger partial charge in [0.25, 0.3) is 5.69 Å². The summed E-state index contributed by atoms with van der Waals surface area (Å²) in [5.74, 6) is -1.44. The first kappa shape index (κ1) is 20.9. The normalized spacial score (nSPS) is 10.6. The second kappa shape index (κ2) is 9.12. The largest absolute Gasteiger partial charge is 0.496 e. The number of methoxy groups -OCH3 is 1. The topological polar surface area (TPSA) is 105 Å². The lowest BCUT2D eigenvalue weighted by Gasteiger charge is -2.09. The van der Waals surface area contributed by atoms with E-state index >= 15 is 0 Å². The van der Waals surface area contributed by atoms with Crippen LogP contribution in [0.2, 0.25) is 0 Å². The van der Waals surface area contributed by atoms with E-state index < -0.39 is 22.5 Å². The highest BCUT2D eigenvalue weighted by molar-refractivity contribution is 5.69. The van der Waals surface area contributed by atoms with Gasteiger partial charge in [0, 0.05) is 30.2 Å². The van der Waals surface area contributed by atoms with E-state index in [0.29, 0.717) is 11.3 Å². The molecule has 0 unspecified atom stereocenters. The zero-order valence-corrected chi connectivity index (χ0v) is 15.8. The lowest BCUT2D eigenvalue weighted by Crippen LogP contribution is -2.07. The van der Waals surface area contributed by atoms with Crippen molar-refractivity contribution in [2.75, 3.05) is 7.11 Å². The van der Waals surface area contributed by atoms with Crippen molar-refractivity contribution >= 4 is 11.7 Å². The van der Waals surface area contributed by atoms with Crippen LogP contribution in [-0.2, 0) is 22.6 Å². The summed E-state index contributed by atoms with van der Waals surface area (Å²) < 4.78 is 42.5. The smallest absolute Gasteiger partial charge is 0.306 e. The molecule has 0 saturated heterocycles. The first-order chi connectivity index (χ1) is 14.4. The van der Waals surface area contributed by atoms with Gasteiger partial charge in [-0.3, -0.25) is 14.9 Å². The summed E-state index contributed by atoms with van der Waals surface area (Å²) in [7, 11) is 1.40. The third-order valence-corrected chi connectivity index (χ3v) is 4.16. The Balaban J connectivity index is 1.57. The number of esters is 1. The maximum absolute atomic E-state index is 13.8. The minimum absolute atomic E-state index is 0.0514. The van der Waals surface area contributed by atoms with Gasteiger partial charge in [-0.2, -0.15) is 0 Å². The van der Waals surface area contributed by atoms with Crippen molar-refractivity contribution < 1.29 is 32.4 Å². The maximum atomic E-state index is 13.8.